The van der Waals surface area contributed by atoms with Crippen molar-refractivity contribution in [3.8, 4) is 17.9 Å². The van der Waals surface area contributed by atoms with Gasteiger partial charge in [-0.2, -0.15) is 5.26 Å². The topological polar surface area (TPSA) is 44.0 Å². The lowest BCUT2D eigenvalue weighted by Gasteiger charge is -1.93. The van der Waals surface area contributed by atoms with Crippen LogP contribution in [0.2, 0.25) is 0 Å². The predicted octanol–water partition coefficient (Wildman–Crippen LogP) is 5.56. The van der Waals surface area contributed by atoms with E-state index in [9.17, 15) is 0 Å². The lowest BCUT2D eigenvalue weighted by Crippen LogP contribution is -1.81. The van der Waals surface area contributed by atoms with Crippen LogP contribution in [0.3, 0.4) is 0 Å². The maximum absolute atomic E-state index is 8.81. The Bertz CT molecular complexity index is 556. The molecule has 1 aromatic rings. The molecule has 22 heavy (non-hydrogen) atoms. The van der Waals surface area contributed by atoms with Crippen molar-refractivity contribution in [2.24, 2.45) is 0 Å². The Hall–Kier alpha value is -2.45. The Morgan fingerprint density at radius 3 is 2.05 bits per heavy atom. The molecule has 0 atom stereocenters. The maximum Gasteiger partial charge on any atom is 0.111 e. The molecule has 0 bridgehead atoms. The fourth-order valence-corrected chi connectivity index (χ4v) is 1.27. The number of nitrogens with zero attached hydrogens (tertiary/aromatic N) is 1. The Morgan fingerprint density at radius 2 is 1.73 bits per heavy atom. The van der Waals surface area contributed by atoms with E-state index in [1.54, 1.807) is 19.1 Å². The molecule has 0 saturated heterocycles. The van der Waals surface area contributed by atoms with Crippen molar-refractivity contribution in [1.82, 2.24) is 0 Å². The molecule has 0 aliphatic carbocycles. The second-order valence-electron chi connectivity index (χ2n) is 4.35. The Morgan fingerprint density at radius 1 is 1.18 bits per heavy atom. The molecule has 0 saturated carbocycles. The molecule has 1 rings (SSSR count). The van der Waals surface area contributed by atoms with Crippen LogP contribution >= 0.6 is 0 Å². The minimum atomic E-state index is 0.338. The molecule has 0 heterocycles. The summed E-state index contributed by atoms with van der Waals surface area (Å²) >= 11 is 0. The number of benzene rings is 1. The molecule has 2 heteroatoms. The average molecular weight is 297 g/mol. The number of aliphatic hydroxyl groups excluding tert-OH is 1. The molecule has 0 aliphatic rings. The molecule has 0 aromatic heterocycles. The molecule has 2 nitrogen and oxygen atoms in total. The lowest BCUT2D eigenvalue weighted by molar-refractivity contribution is 0.430. The van der Waals surface area contributed by atoms with Gasteiger partial charge in [-0.05, 0) is 57.5 Å². The zero-order chi connectivity index (χ0) is 17.4. The highest BCUT2D eigenvalue weighted by atomic mass is 16.3. The molecule has 0 aliphatic heterocycles. The smallest absolute Gasteiger partial charge is 0.111 e. The fourth-order valence-electron chi connectivity index (χ4n) is 1.27. The van der Waals surface area contributed by atoms with Gasteiger partial charge in [0.2, 0.25) is 0 Å². The van der Waals surface area contributed by atoms with Crippen molar-refractivity contribution >= 4 is 0 Å². The third-order valence-corrected chi connectivity index (χ3v) is 2.28. The number of allylic oxidation sites excluding steroid dienone is 3. The third kappa shape index (κ3) is 12.6. The Balaban J connectivity index is 0. The molecule has 118 valence electrons. The highest BCUT2D eigenvalue weighted by Gasteiger charge is 1.90. The van der Waals surface area contributed by atoms with Crippen molar-refractivity contribution in [3.05, 3.63) is 58.9 Å². The highest BCUT2D eigenvalue weighted by molar-refractivity contribution is 5.32. The van der Waals surface area contributed by atoms with Gasteiger partial charge in [0.1, 0.15) is 5.76 Å². The summed E-state index contributed by atoms with van der Waals surface area (Å²) in [6.45, 7) is 11.5. The van der Waals surface area contributed by atoms with Gasteiger partial charge >= 0.3 is 0 Å². The summed E-state index contributed by atoms with van der Waals surface area (Å²) < 4.78 is 0. The van der Waals surface area contributed by atoms with Crippen LogP contribution in [0.15, 0.2) is 47.7 Å². The molecule has 0 spiro atoms. The van der Waals surface area contributed by atoms with E-state index < -0.39 is 0 Å². The lowest BCUT2D eigenvalue weighted by atomic mass is 10.1. The SMILES string of the molecule is C/C=C(/O)C=C(C)C.CC.CC#CCc1ccc(C#N)cc1. The predicted molar refractivity (Wildman–Crippen MR) is 95.5 cm³/mol. The average Bonchev–Trinajstić information content (AvgIpc) is 2.55. The third-order valence-electron chi connectivity index (χ3n) is 2.28. The summed E-state index contributed by atoms with van der Waals surface area (Å²) in [6.07, 6.45) is 4.15. The second-order valence-corrected chi connectivity index (χ2v) is 4.35. The standard InChI is InChI=1S/C11H9N.C7H12O.C2H6/c1-2-3-4-10-5-7-11(9-12)8-6-10;1-4-7(8)5-6(2)3;1-2/h5-8H,4H2,1H3;4-5,8H,1-3H3;1-2H3/b;7-4+;. The van der Waals surface area contributed by atoms with Crippen LogP contribution in [-0.2, 0) is 6.42 Å². The molecule has 0 unspecified atom stereocenters. The van der Waals surface area contributed by atoms with Crippen LogP contribution in [0, 0.1) is 23.2 Å². The van der Waals surface area contributed by atoms with Crippen LogP contribution in [0.25, 0.3) is 0 Å². The van der Waals surface area contributed by atoms with E-state index in [-0.39, 0.29) is 0 Å². The van der Waals surface area contributed by atoms with Crippen LogP contribution in [-0.4, -0.2) is 5.11 Å². The molecule has 0 amide bonds. The normalized spacial score (nSPS) is 8.68. The number of aliphatic hydroxyl groups is 1. The van der Waals surface area contributed by atoms with Gasteiger partial charge in [0, 0.05) is 6.42 Å². The Kier molecular flexibility index (Phi) is 14.8. The van der Waals surface area contributed by atoms with Crippen LogP contribution in [0.4, 0.5) is 0 Å². The first kappa shape index (κ1) is 21.8. The van der Waals surface area contributed by atoms with E-state index in [1.165, 1.54) is 0 Å². The first-order valence-corrected chi connectivity index (χ1v) is 7.42. The van der Waals surface area contributed by atoms with Gasteiger partial charge in [-0.15, -0.1) is 5.92 Å². The summed E-state index contributed by atoms with van der Waals surface area (Å²) in [6, 6.07) is 9.57. The quantitative estimate of drug-likeness (QED) is 0.441. The molecule has 1 aromatic carbocycles. The van der Waals surface area contributed by atoms with E-state index >= 15 is 0 Å². The first-order chi connectivity index (χ1) is 10.5. The Labute approximate surface area is 135 Å². The molecule has 1 N–H and O–H groups in total. The van der Waals surface area contributed by atoms with Crippen molar-refractivity contribution in [1.29, 1.82) is 5.26 Å². The van der Waals surface area contributed by atoms with Gasteiger partial charge in [0.05, 0.1) is 11.6 Å². The van der Waals surface area contributed by atoms with E-state index in [0.717, 1.165) is 17.6 Å². The zero-order valence-electron chi connectivity index (χ0n) is 14.6. The second kappa shape index (κ2) is 14.9. The fraction of sp³-hybridized carbons (Fsp3) is 0.350. The van der Waals surface area contributed by atoms with Gasteiger partial charge in [-0.3, -0.25) is 0 Å². The largest absolute Gasteiger partial charge is 0.508 e. The summed E-state index contributed by atoms with van der Waals surface area (Å²) in [5, 5.41) is 17.3. The first-order valence-electron chi connectivity index (χ1n) is 7.42. The molecular formula is C20H27NO. The van der Waals surface area contributed by atoms with Gasteiger partial charge in [0.15, 0.2) is 0 Å². The van der Waals surface area contributed by atoms with Crippen LogP contribution < -0.4 is 0 Å². The number of nitriles is 1. The number of hydrogen-bond donors (Lipinski definition) is 1. The van der Waals surface area contributed by atoms with E-state index in [4.69, 9.17) is 10.4 Å². The van der Waals surface area contributed by atoms with Crippen molar-refractivity contribution in [3.63, 3.8) is 0 Å². The van der Waals surface area contributed by atoms with E-state index in [1.807, 2.05) is 58.9 Å². The summed E-state index contributed by atoms with van der Waals surface area (Å²) in [5.41, 5.74) is 2.96. The van der Waals surface area contributed by atoms with Gasteiger partial charge in [0.25, 0.3) is 0 Å². The van der Waals surface area contributed by atoms with E-state index in [2.05, 4.69) is 17.9 Å². The van der Waals surface area contributed by atoms with Crippen LogP contribution in [0.5, 0.6) is 0 Å². The van der Waals surface area contributed by atoms with Gasteiger partial charge in [-0.25, -0.2) is 0 Å². The summed E-state index contributed by atoms with van der Waals surface area (Å²) in [5.74, 6) is 6.14. The van der Waals surface area contributed by atoms with Gasteiger partial charge in [-0.1, -0.05) is 37.5 Å². The summed E-state index contributed by atoms with van der Waals surface area (Å²) in [4.78, 5) is 0. The minimum Gasteiger partial charge on any atom is -0.508 e. The number of rotatable bonds is 2. The van der Waals surface area contributed by atoms with Gasteiger partial charge < -0.3 is 5.11 Å². The highest BCUT2D eigenvalue weighted by Crippen LogP contribution is 2.03. The molecular weight excluding hydrogens is 270 g/mol. The van der Waals surface area contributed by atoms with Crippen molar-refractivity contribution in [2.75, 3.05) is 0 Å². The van der Waals surface area contributed by atoms with E-state index in [0.29, 0.717) is 11.3 Å². The number of hydrogen-bond acceptors (Lipinski definition) is 2. The van der Waals surface area contributed by atoms with Crippen molar-refractivity contribution in [2.45, 2.75) is 48.0 Å². The van der Waals surface area contributed by atoms with Crippen molar-refractivity contribution < 1.29 is 5.11 Å². The molecule has 0 radical (unpaired) electrons. The molecule has 0 fully saturated rings. The zero-order valence-corrected chi connectivity index (χ0v) is 14.6. The minimum absolute atomic E-state index is 0.338. The summed E-state index contributed by atoms with van der Waals surface area (Å²) in [7, 11) is 0. The monoisotopic (exact) mass is 297 g/mol. The maximum atomic E-state index is 8.81. The van der Waals surface area contributed by atoms with Crippen LogP contribution in [0.1, 0.15) is 52.7 Å².